The van der Waals surface area contributed by atoms with Crippen LogP contribution in [-0.4, -0.2) is 51.8 Å². The Morgan fingerprint density at radius 2 is 2.14 bits per heavy atom. The first-order valence-electron chi connectivity index (χ1n) is 11.6. The number of imidazole rings is 1. The summed E-state index contributed by atoms with van der Waals surface area (Å²) in [7, 11) is 0. The van der Waals surface area contributed by atoms with Crippen molar-refractivity contribution >= 4 is 39.9 Å². The maximum absolute atomic E-state index is 15.0. The van der Waals surface area contributed by atoms with Crippen LogP contribution in [-0.2, 0) is 0 Å². The third-order valence-electron chi connectivity index (χ3n) is 6.47. The number of hydrogen-bond acceptors (Lipinski definition) is 8. The van der Waals surface area contributed by atoms with Crippen LogP contribution in [0.25, 0.3) is 33.9 Å². The van der Waals surface area contributed by atoms with Gasteiger partial charge in [0, 0.05) is 12.1 Å². The van der Waals surface area contributed by atoms with Gasteiger partial charge in [-0.2, -0.15) is 5.10 Å². The number of phenols is 1. The number of fused-ring (bicyclic) bond motifs is 1. The molecule has 1 aromatic carbocycles. The van der Waals surface area contributed by atoms with Crippen LogP contribution in [0.5, 0.6) is 5.75 Å². The van der Waals surface area contributed by atoms with Gasteiger partial charge in [0.05, 0.1) is 23.5 Å². The van der Waals surface area contributed by atoms with Gasteiger partial charge in [0.1, 0.15) is 39.3 Å². The summed E-state index contributed by atoms with van der Waals surface area (Å²) in [5.41, 5.74) is 1.83. The fourth-order valence-corrected chi connectivity index (χ4v) is 5.69. The van der Waals surface area contributed by atoms with Gasteiger partial charge in [0.25, 0.3) is 5.91 Å². The van der Waals surface area contributed by atoms with E-state index in [2.05, 4.69) is 35.5 Å². The highest BCUT2D eigenvalue weighted by atomic mass is 35.5. The number of amides is 1. The van der Waals surface area contributed by atoms with Crippen molar-refractivity contribution in [3.63, 3.8) is 0 Å². The van der Waals surface area contributed by atoms with E-state index in [0.717, 1.165) is 30.6 Å². The van der Waals surface area contributed by atoms with E-state index in [1.54, 1.807) is 6.20 Å². The minimum absolute atomic E-state index is 0.0171. The fraction of sp³-hybridized carbons (Fsp3) is 0.250. The summed E-state index contributed by atoms with van der Waals surface area (Å²) < 4.78 is 17.4. The fourth-order valence-electron chi connectivity index (χ4n) is 4.87. The lowest BCUT2D eigenvalue weighted by atomic mass is 9.90. The number of aromatic nitrogens is 7. The standard InChI is InChI=1S/C24H20ClFN8O2S/c25-19-10-28-24(37-19)23(36)31-12-3-1-4-13(7-12)34-17-8-15(21-29-11-30-33-21)27-9-16(17)32-22(34)20-14(26)5-2-6-18(20)35/h2,5-6,8-13,35H,1,3-4,7H2,(H,31,36)(H,29,30,33)/t12-,13+/m0/s1. The molecule has 0 saturated heterocycles. The van der Waals surface area contributed by atoms with Gasteiger partial charge < -0.3 is 15.0 Å². The van der Waals surface area contributed by atoms with Crippen molar-refractivity contribution in [2.45, 2.75) is 37.8 Å². The molecule has 188 valence electrons. The SMILES string of the molecule is O=C(N[C@H]1CCC[C@@H](n2c(-c3c(O)cccc3F)nc3cnc(-c4ncn[nH]4)cc32)C1)c1ncc(Cl)s1. The van der Waals surface area contributed by atoms with Gasteiger partial charge in [-0.25, -0.2) is 19.3 Å². The number of benzene rings is 1. The van der Waals surface area contributed by atoms with Crippen molar-refractivity contribution in [3.8, 4) is 28.7 Å². The van der Waals surface area contributed by atoms with Gasteiger partial charge in [-0.1, -0.05) is 29.0 Å². The lowest BCUT2D eigenvalue weighted by Crippen LogP contribution is -2.39. The van der Waals surface area contributed by atoms with E-state index in [9.17, 15) is 9.90 Å². The second-order valence-electron chi connectivity index (χ2n) is 8.79. The van der Waals surface area contributed by atoms with Crippen molar-refractivity contribution < 1.29 is 14.3 Å². The number of nitrogens with zero attached hydrogens (tertiary/aromatic N) is 6. The number of phenolic OH excluding ortho intramolecular Hbond substituents is 1. The Morgan fingerprint density at radius 1 is 1.24 bits per heavy atom. The molecule has 1 aliphatic carbocycles. The van der Waals surface area contributed by atoms with E-state index in [4.69, 9.17) is 11.6 Å². The molecule has 1 aliphatic rings. The van der Waals surface area contributed by atoms with Crippen LogP contribution in [0.2, 0.25) is 4.34 Å². The molecule has 37 heavy (non-hydrogen) atoms. The van der Waals surface area contributed by atoms with Crippen LogP contribution in [0.4, 0.5) is 4.39 Å². The number of halogens is 2. The van der Waals surface area contributed by atoms with E-state index in [1.165, 1.54) is 30.7 Å². The lowest BCUT2D eigenvalue weighted by molar-refractivity contribution is 0.0920. The number of H-pyrrole nitrogens is 1. The van der Waals surface area contributed by atoms with Crippen molar-refractivity contribution in [3.05, 3.63) is 58.1 Å². The van der Waals surface area contributed by atoms with Gasteiger partial charge >= 0.3 is 0 Å². The molecule has 0 bridgehead atoms. The Bertz CT molecular complexity index is 1580. The summed E-state index contributed by atoms with van der Waals surface area (Å²) in [4.78, 5) is 30.1. The molecule has 0 unspecified atom stereocenters. The van der Waals surface area contributed by atoms with Crippen LogP contribution in [0.1, 0.15) is 41.5 Å². The second-order valence-corrected chi connectivity index (χ2v) is 10.5. The van der Waals surface area contributed by atoms with Gasteiger partial charge in [0.15, 0.2) is 10.8 Å². The molecule has 1 saturated carbocycles. The summed E-state index contributed by atoms with van der Waals surface area (Å²) in [5, 5.41) is 20.7. The van der Waals surface area contributed by atoms with Crippen LogP contribution in [0.15, 0.2) is 43.0 Å². The third-order valence-corrected chi connectivity index (χ3v) is 7.58. The first-order chi connectivity index (χ1) is 18.0. The minimum atomic E-state index is -0.582. The third kappa shape index (κ3) is 4.42. The molecular formula is C24H20ClFN8O2S. The number of thiazole rings is 1. The van der Waals surface area contributed by atoms with E-state index in [0.29, 0.717) is 44.1 Å². The lowest BCUT2D eigenvalue weighted by Gasteiger charge is -2.32. The predicted molar refractivity (Wildman–Crippen MR) is 136 cm³/mol. The Balaban J connectivity index is 1.42. The number of rotatable bonds is 5. The summed E-state index contributed by atoms with van der Waals surface area (Å²) in [5.74, 6) is -0.281. The van der Waals surface area contributed by atoms with E-state index in [-0.39, 0.29) is 29.3 Å². The van der Waals surface area contributed by atoms with Gasteiger partial charge in [-0.15, -0.1) is 0 Å². The molecule has 0 spiro atoms. The normalized spacial score (nSPS) is 17.8. The quantitative estimate of drug-likeness (QED) is 0.294. The Hall–Kier alpha value is -3.90. The summed E-state index contributed by atoms with van der Waals surface area (Å²) in [6.45, 7) is 0. The highest BCUT2D eigenvalue weighted by molar-refractivity contribution is 7.17. The van der Waals surface area contributed by atoms with Crippen LogP contribution >= 0.6 is 22.9 Å². The highest BCUT2D eigenvalue weighted by Crippen LogP contribution is 2.40. The molecule has 10 nitrogen and oxygen atoms in total. The first kappa shape index (κ1) is 23.5. The number of carbonyl (C=O) groups is 1. The Labute approximate surface area is 218 Å². The monoisotopic (exact) mass is 538 g/mol. The zero-order chi connectivity index (χ0) is 25.5. The molecule has 5 aromatic rings. The zero-order valence-electron chi connectivity index (χ0n) is 19.2. The Kier molecular flexibility index (Phi) is 6.05. The van der Waals surface area contributed by atoms with Crippen LogP contribution in [0, 0.1) is 5.82 Å². The van der Waals surface area contributed by atoms with Gasteiger partial charge in [0.2, 0.25) is 0 Å². The molecule has 4 heterocycles. The predicted octanol–water partition coefficient (Wildman–Crippen LogP) is 4.75. The van der Waals surface area contributed by atoms with E-state index in [1.807, 2.05) is 10.6 Å². The number of aromatic amines is 1. The molecular weight excluding hydrogens is 519 g/mol. The molecule has 1 amide bonds. The smallest absolute Gasteiger partial charge is 0.280 e. The van der Waals surface area contributed by atoms with Crippen molar-refractivity contribution in [2.24, 2.45) is 0 Å². The number of pyridine rings is 1. The average Bonchev–Trinajstić information content (AvgIpc) is 3.64. The van der Waals surface area contributed by atoms with E-state index < -0.39 is 5.82 Å². The topological polar surface area (TPSA) is 134 Å². The summed E-state index contributed by atoms with van der Waals surface area (Å²) in [6.07, 6.45) is 7.43. The zero-order valence-corrected chi connectivity index (χ0v) is 20.8. The molecule has 3 N–H and O–H groups in total. The van der Waals surface area contributed by atoms with Crippen molar-refractivity contribution in [1.29, 1.82) is 0 Å². The number of aromatic hydroxyl groups is 1. The maximum atomic E-state index is 15.0. The summed E-state index contributed by atoms with van der Waals surface area (Å²) >= 11 is 7.07. The molecule has 1 fully saturated rings. The average molecular weight is 539 g/mol. The largest absolute Gasteiger partial charge is 0.507 e. The highest BCUT2D eigenvalue weighted by Gasteiger charge is 2.30. The number of carbonyl (C=O) groups excluding carboxylic acids is 1. The number of hydrogen-bond donors (Lipinski definition) is 3. The van der Waals surface area contributed by atoms with Gasteiger partial charge in [-0.05, 0) is 43.9 Å². The summed E-state index contributed by atoms with van der Waals surface area (Å²) in [6, 6.07) is 5.72. The minimum Gasteiger partial charge on any atom is -0.507 e. The molecule has 6 rings (SSSR count). The van der Waals surface area contributed by atoms with Gasteiger partial charge in [-0.3, -0.25) is 14.9 Å². The molecule has 0 radical (unpaired) electrons. The molecule has 4 aromatic heterocycles. The van der Waals surface area contributed by atoms with Crippen molar-refractivity contribution in [2.75, 3.05) is 0 Å². The van der Waals surface area contributed by atoms with Crippen molar-refractivity contribution in [1.82, 2.24) is 40.0 Å². The number of nitrogens with one attached hydrogen (secondary N) is 2. The second kappa shape index (κ2) is 9.52. The molecule has 0 aliphatic heterocycles. The maximum Gasteiger partial charge on any atom is 0.280 e. The molecule has 2 atom stereocenters. The molecule has 13 heteroatoms. The van der Waals surface area contributed by atoms with Crippen LogP contribution in [0.3, 0.4) is 0 Å². The first-order valence-corrected chi connectivity index (χ1v) is 12.8. The van der Waals surface area contributed by atoms with Crippen LogP contribution < -0.4 is 5.32 Å². The Morgan fingerprint density at radius 3 is 2.89 bits per heavy atom. The van der Waals surface area contributed by atoms with E-state index >= 15 is 4.39 Å².